The molecule has 2 atom stereocenters. The van der Waals surface area contributed by atoms with Crippen molar-refractivity contribution >= 4 is 41.7 Å². The fraction of sp³-hybridized carbons (Fsp3) is 0.568. The van der Waals surface area contributed by atoms with Crippen molar-refractivity contribution in [1.82, 2.24) is 19.7 Å². The molecule has 0 spiro atoms. The van der Waals surface area contributed by atoms with Gasteiger partial charge in [-0.05, 0) is 86.7 Å². The molecule has 57 heavy (non-hydrogen) atoms. The number of halogens is 2. The molecule has 1 aliphatic carbocycles. The highest BCUT2D eigenvalue weighted by atomic mass is 28.3. The summed E-state index contributed by atoms with van der Waals surface area (Å²) in [6.07, 6.45) is 3.07. The number of carbonyl (C=O) groups is 1. The van der Waals surface area contributed by atoms with Gasteiger partial charge in [0.25, 0.3) is 0 Å². The van der Waals surface area contributed by atoms with Gasteiger partial charge in [0.05, 0.1) is 24.8 Å². The molecule has 13 heteroatoms. The molecule has 10 nitrogen and oxygen atoms in total. The largest absolute Gasteiger partial charge is 0.480 e. The minimum atomic E-state index is -2.29. The average Bonchev–Trinajstić information content (AvgIpc) is 3.93. The van der Waals surface area contributed by atoms with Gasteiger partial charge in [0.15, 0.2) is 18.4 Å². The Kier molecular flexibility index (Phi) is 11.0. The molecular weight excluding hydrogens is 745 g/mol. The van der Waals surface area contributed by atoms with Crippen LogP contribution in [0.25, 0.3) is 32.9 Å². The van der Waals surface area contributed by atoms with Crippen LogP contribution >= 0.6 is 0 Å². The number of pyridine rings is 1. The Labute approximate surface area is 336 Å². The van der Waals surface area contributed by atoms with Crippen molar-refractivity contribution in [2.75, 3.05) is 39.0 Å². The van der Waals surface area contributed by atoms with Crippen LogP contribution in [0, 0.1) is 23.1 Å². The van der Waals surface area contributed by atoms with Crippen LogP contribution < -0.4 is 14.4 Å². The van der Waals surface area contributed by atoms with Gasteiger partial charge in [0.2, 0.25) is 5.88 Å². The second kappa shape index (κ2) is 15.4. The van der Waals surface area contributed by atoms with Crippen LogP contribution in [0.3, 0.4) is 0 Å². The van der Waals surface area contributed by atoms with Gasteiger partial charge in [-0.25, -0.2) is 18.6 Å². The maximum Gasteiger partial charge on any atom is 0.410 e. The number of rotatable bonds is 10. The van der Waals surface area contributed by atoms with E-state index in [1.165, 1.54) is 20.3 Å². The zero-order valence-corrected chi connectivity index (χ0v) is 36.3. The Balaban J connectivity index is 1.43. The molecule has 4 aromatic rings. The summed E-state index contributed by atoms with van der Waals surface area (Å²) in [5, 5.41) is 6.67. The van der Waals surface area contributed by atoms with Crippen LogP contribution in [0.2, 0.25) is 16.6 Å². The third-order valence-electron chi connectivity index (χ3n) is 12.2. The van der Waals surface area contributed by atoms with E-state index in [1.807, 2.05) is 25.7 Å². The molecule has 1 saturated carbocycles. The zero-order chi connectivity index (χ0) is 41.1. The molecule has 2 aromatic carbocycles. The Morgan fingerprint density at radius 3 is 2.18 bits per heavy atom. The van der Waals surface area contributed by atoms with Crippen LogP contribution in [0.5, 0.6) is 11.6 Å². The van der Waals surface area contributed by atoms with Crippen molar-refractivity contribution in [3.8, 4) is 34.4 Å². The molecule has 3 saturated heterocycles. The van der Waals surface area contributed by atoms with E-state index < -0.39 is 25.3 Å². The summed E-state index contributed by atoms with van der Waals surface area (Å²) in [6, 6.07) is 6.43. The Hall–Kier alpha value is -4.41. The Morgan fingerprint density at radius 1 is 0.930 bits per heavy atom. The highest BCUT2D eigenvalue weighted by molar-refractivity contribution is 6.90. The molecule has 4 aliphatic rings. The average molecular weight is 802 g/mol. The SMILES string of the molecule is COCOc1cc(-c2nc(OC)c3c(N4C[C@H]5CCC4CN5C(=O)OC(C)(C)C)nn(C4CC4)c3c2F)c2c(C#C[Si](C(C)C)(C(C)C)C(C)C)c(F)ccc2c1. The first kappa shape index (κ1) is 40.8. The van der Waals surface area contributed by atoms with Gasteiger partial charge in [-0.3, -0.25) is 4.68 Å². The molecule has 5 heterocycles. The van der Waals surface area contributed by atoms with E-state index in [0.717, 1.165) is 25.7 Å². The van der Waals surface area contributed by atoms with Crippen LogP contribution in [0.4, 0.5) is 19.4 Å². The number of anilines is 1. The van der Waals surface area contributed by atoms with Crippen LogP contribution in [0.15, 0.2) is 24.3 Å². The number of amides is 1. The quantitative estimate of drug-likeness (QED) is 0.0890. The summed E-state index contributed by atoms with van der Waals surface area (Å²) in [6.45, 7) is 19.9. The topological polar surface area (TPSA) is 91.2 Å². The first-order chi connectivity index (χ1) is 27.0. The van der Waals surface area contributed by atoms with Gasteiger partial charge in [-0.1, -0.05) is 53.5 Å². The lowest BCUT2D eigenvalue weighted by molar-refractivity contribution is 0.000793. The molecule has 0 N–H and O–H groups in total. The maximum atomic E-state index is 17.8. The molecule has 4 fully saturated rings. The van der Waals surface area contributed by atoms with E-state index in [4.69, 9.17) is 29.0 Å². The monoisotopic (exact) mass is 801 g/mol. The highest BCUT2D eigenvalue weighted by Gasteiger charge is 2.46. The molecule has 3 aliphatic heterocycles. The Bertz CT molecular complexity index is 2230. The van der Waals surface area contributed by atoms with Gasteiger partial charge >= 0.3 is 6.09 Å². The number of fused-ring (bicyclic) bond motifs is 5. The third-order valence-corrected chi connectivity index (χ3v) is 18.4. The third kappa shape index (κ3) is 7.33. The lowest BCUT2D eigenvalue weighted by Crippen LogP contribution is -2.64. The predicted octanol–water partition coefficient (Wildman–Crippen LogP) is 10.0. The maximum absolute atomic E-state index is 17.8. The van der Waals surface area contributed by atoms with Crippen LogP contribution in [-0.2, 0) is 9.47 Å². The summed E-state index contributed by atoms with van der Waals surface area (Å²) >= 11 is 0. The van der Waals surface area contributed by atoms with Crippen molar-refractivity contribution in [3.63, 3.8) is 0 Å². The van der Waals surface area contributed by atoms with E-state index in [9.17, 15) is 4.79 Å². The van der Waals surface area contributed by atoms with E-state index in [-0.39, 0.29) is 53.7 Å². The van der Waals surface area contributed by atoms with Crippen molar-refractivity contribution in [3.05, 3.63) is 41.5 Å². The lowest BCUT2D eigenvalue weighted by atomic mass is 9.91. The van der Waals surface area contributed by atoms with Gasteiger partial charge in [-0.15, -0.1) is 5.54 Å². The summed E-state index contributed by atoms with van der Waals surface area (Å²) in [4.78, 5) is 22.1. The first-order valence-electron chi connectivity index (χ1n) is 20.3. The number of nitrogens with zero attached hydrogens (tertiary/aromatic N) is 5. The van der Waals surface area contributed by atoms with Crippen molar-refractivity contribution in [1.29, 1.82) is 0 Å². The number of aromatic nitrogens is 3. The smallest absolute Gasteiger partial charge is 0.410 e. The fourth-order valence-electron chi connectivity index (χ4n) is 9.43. The number of hydrogen-bond acceptors (Lipinski definition) is 8. The van der Waals surface area contributed by atoms with Crippen LogP contribution in [-0.4, -0.2) is 85.6 Å². The van der Waals surface area contributed by atoms with Crippen LogP contribution in [0.1, 0.15) is 99.6 Å². The standard InChI is InChI=1S/C44H57F2N5O5Si/c1-25(2)57(26(3)4,27(5)6)19-18-33-35(45)17-12-28-20-32(55-24-53-10)21-34(36(28)33)39-38(46)40-37(42(47-39)54-11)41(48-51(40)29-13-14-29)49-22-31-16-15-30(49)23-50(31)43(52)56-44(7,8)9/h12,17,20-21,25-27,29-31H,13-16,22-24H2,1-11H3/t30?,31-/m1/s1. The van der Waals surface area contributed by atoms with Crippen molar-refractivity contribution in [2.45, 2.75) is 128 Å². The molecule has 8 rings (SSSR count). The second-order valence-electron chi connectivity index (χ2n) is 17.9. The van der Waals surface area contributed by atoms with Gasteiger partial charge in [-0.2, -0.15) is 5.10 Å². The van der Waals surface area contributed by atoms with E-state index >= 15 is 8.78 Å². The van der Waals surface area contributed by atoms with Gasteiger partial charge in [0, 0.05) is 37.2 Å². The fourth-order valence-corrected chi connectivity index (χ4v) is 14.6. The normalized spacial score (nSPS) is 18.6. The molecule has 2 bridgehead atoms. The summed E-state index contributed by atoms with van der Waals surface area (Å²) in [7, 11) is 0.764. The van der Waals surface area contributed by atoms with Crippen molar-refractivity contribution < 1.29 is 32.5 Å². The minimum absolute atomic E-state index is 0.00381. The number of ether oxygens (including phenoxy) is 4. The number of benzene rings is 2. The minimum Gasteiger partial charge on any atom is -0.480 e. The zero-order valence-electron chi connectivity index (χ0n) is 35.3. The summed E-state index contributed by atoms with van der Waals surface area (Å²) < 4.78 is 58.8. The Morgan fingerprint density at radius 2 is 1.60 bits per heavy atom. The second-order valence-corrected chi connectivity index (χ2v) is 23.4. The number of carbonyl (C=O) groups excluding carboxylic acids is 1. The molecule has 2 aromatic heterocycles. The number of piperidine rings is 2. The van der Waals surface area contributed by atoms with E-state index in [2.05, 4.69) is 57.9 Å². The molecule has 1 amide bonds. The number of methoxy groups -OCH3 is 2. The predicted molar refractivity (Wildman–Crippen MR) is 223 cm³/mol. The van der Waals surface area contributed by atoms with E-state index in [1.54, 1.807) is 22.9 Å². The van der Waals surface area contributed by atoms with Gasteiger partial charge in [0.1, 0.15) is 41.8 Å². The lowest BCUT2D eigenvalue weighted by Gasteiger charge is -2.51. The number of piperazine rings is 1. The summed E-state index contributed by atoms with van der Waals surface area (Å²) in [5.74, 6) is 3.49. The molecule has 1 unspecified atom stereocenters. The first-order valence-corrected chi connectivity index (χ1v) is 22.6. The van der Waals surface area contributed by atoms with Gasteiger partial charge < -0.3 is 28.7 Å². The molecule has 0 radical (unpaired) electrons. The highest BCUT2D eigenvalue weighted by Crippen LogP contribution is 2.48. The summed E-state index contributed by atoms with van der Waals surface area (Å²) in [5.41, 5.74) is 4.88. The van der Waals surface area contributed by atoms with E-state index in [0.29, 0.717) is 63.0 Å². The molecule has 306 valence electrons. The number of hydrogen-bond donors (Lipinski definition) is 0. The van der Waals surface area contributed by atoms with Crippen molar-refractivity contribution in [2.24, 2.45) is 0 Å². The molecular formula is C44H57F2N5O5Si.